The van der Waals surface area contributed by atoms with Gasteiger partial charge in [-0.2, -0.15) is 18.4 Å². The Labute approximate surface area is 136 Å². The monoisotopic (exact) mass is 343 g/mol. The molecule has 1 amide bonds. The van der Waals surface area contributed by atoms with E-state index >= 15 is 0 Å². The van der Waals surface area contributed by atoms with Gasteiger partial charge in [0.15, 0.2) is 4.75 Å². The molecule has 0 radical (unpaired) electrons. The SMILES string of the molecule is CC1(C(F)(F)F)SC=NC1=O.CN[C@@H](C)c1ccc(C#N)cc1. The molecule has 0 saturated carbocycles. The molecule has 0 fully saturated rings. The molecule has 0 bridgehead atoms. The van der Waals surface area contributed by atoms with Gasteiger partial charge in [0, 0.05) is 6.04 Å². The maximum Gasteiger partial charge on any atom is 0.412 e. The smallest absolute Gasteiger partial charge is 0.313 e. The minimum absolute atomic E-state index is 0.345. The highest BCUT2D eigenvalue weighted by Crippen LogP contribution is 2.43. The molecule has 1 heterocycles. The van der Waals surface area contributed by atoms with Crippen molar-refractivity contribution in [1.29, 1.82) is 5.26 Å². The molecule has 1 N–H and O–H groups in total. The van der Waals surface area contributed by atoms with Crippen LogP contribution in [0.5, 0.6) is 0 Å². The van der Waals surface area contributed by atoms with E-state index in [2.05, 4.69) is 23.3 Å². The molecule has 2 rings (SSSR count). The van der Waals surface area contributed by atoms with Gasteiger partial charge in [-0.05, 0) is 38.6 Å². The van der Waals surface area contributed by atoms with Crippen LogP contribution in [-0.2, 0) is 4.79 Å². The normalized spacial score (nSPS) is 21.3. The molecule has 23 heavy (non-hydrogen) atoms. The molecular weight excluding hydrogens is 327 g/mol. The third-order valence-corrected chi connectivity index (χ3v) is 4.47. The van der Waals surface area contributed by atoms with Crippen LogP contribution in [-0.4, -0.2) is 29.4 Å². The van der Waals surface area contributed by atoms with Gasteiger partial charge < -0.3 is 5.32 Å². The summed E-state index contributed by atoms with van der Waals surface area (Å²) in [5, 5.41) is 11.7. The number of nitrogens with one attached hydrogen (secondary N) is 1. The zero-order valence-corrected chi connectivity index (χ0v) is 13.6. The molecule has 1 unspecified atom stereocenters. The Bertz CT molecular complexity index is 622. The minimum Gasteiger partial charge on any atom is -0.313 e. The number of hydrogen-bond acceptors (Lipinski definition) is 4. The third kappa shape index (κ3) is 4.56. The van der Waals surface area contributed by atoms with Crippen LogP contribution in [0.25, 0.3) is 0 Å². The Balaban J connectivity index is 0.000000231. The van der Waals surface area contributed by atoms with Gasteiger partial charge in [0.1, 0.15) is 0 Å². The number of amides is 1. The zero-order chi connectivity index (χ0) is 17.7. The highest BCUT2D eigenvalue weighted by atomic mass is 32.2. The summed E-state index contributed by atoms with van der Waals surface area (Å²) in [4.78, 5) is 13.6. The lowest BCUT2D eigenvalue weighted by Gasteiger charge is -2.22. The van der Waals surface area contributed by atoms with Crippen LogP contribution < -0.4 is 5.32 Å². The van der Waals surface area contributed by atoms with E-state index in [1.54, 1.807) is 0 Å². The van der Waals surface area contributed by atoms with Crippen LogP contribution in [0.2, 0.25) is 0 Å². The number of carbonyl (C=O) groups is 1. The van der Waals surface area contributed by atoms with Crippen molar-refractivity contribution in [3.8, 4) is 6.07 Å². The molecule has 1 aliphatic heterocycles. The lowest BCUT2D eigenvalue weighted by atomic mass is 10.1. The second-order valence-electron chi connectivity index (χ2n) is 4.93. The predicted molar refractivity (Wildman–Crippen MR) is 84.2 cm³/mol. The minimum atomic E-state index is -4.52. The van der Waals surface area contributed by atoms with E-state index in [1.807, 2.05) is 31.3 Å². The number of aliphatic imine (C=N–C) groups is 1. The average Bonchev–Trinajstić information content (AvgIpc) is 2.88. The third-order valence-electron chi connectivity index (χ3n) is 3.38. The van der Waals surface area contributed by atoms with E-state index in [4.69, 9.17) is 5.26 Å². The summed E-state index contributed by atoms with van der Waals surface area (Å²) in [7, 11) is 1.92. The molecule has 4 nitrogen and oxygen atoms in total. The number of thioether (sulfide) groups is 1. The first-order valence-electron chi connectivity index (χ1n) is 6.64. The van der Waals surface area contributed by atoms with Crippen molar-refractivity contribution >= 4 is 23.2 Å². The van der Waals surface area contributed by atoms with Crippen molar-refractivity contribution in [1.82, 2.24) is 5.32 Å². The summed E-state index contributed by atoms with van der Waals surface area (Å²) in [5.74, 6) is -1.13. The first kappa shape index (κ1) is 19.2. The number of nitriles is 1. The first-order chi connectivity index (χ1) is 10.7. The highest BCUT2D eigenvalue weighted by molar-refractivity contribution is 8.14. The number of halogens is 3. The molecule has 124 valence electrons. The van der Waals surface area contributed by atoms with Crippen molar-refractivity contribution in [2.45, 2.75) is 30.8 Å². The molecule has 1 aromatic carbocycles. The molecule has 8 heteroatoms. The molecule has 1 aliphatic rings. The Hall–Kier alpha value is -1.85. The van der Waals surface area contributed by atoms with E-state index in [0.29, 0.717) is 23.4 Å². The van der Waals surface area contributed by atoms with Crippen LogP contribution in [0.3, 0.4) is 0 Å². The first-order valence-corrected chi connectivity index (χ1v) is 7.52. The van der Waals surface area contributed by atoms with E-state index < -0.39 is 16.8 Å². The standard InChI is InChI=1S/C10H12N2.C5H4F3NOS/c1-8(12-2)10-5-3-9(7-11)4-6-10;1-4(5(6,7)8)3(10)9-2-11-4/h3-6,8,12H,1-2H3;2H,1H3/t8-;/m0./s1. The van der Waals surface area contributed by atoms with E-state index in [-0.39, 0.29) is 0 Å². The van der Waals surface area contributed by atoms with Crippen LogP contribution in [0.15, 0.2) is 29.3 Å². The van der Waals surface area contributed by atoms with Crippen LogP contribution in [0.4, 0.5) is 13.2 Å². The fraction of sp³-hybridized carbons (Fsp3) is 0.400. The van der Waals surface area contributed by atoms with Crippen molar-refractivity contribution in [2.24, 2.45) is 4.99 Å². The molecule has 0 saturated heterocycles. The quantitative estimate of drug-likeness (QED) is 0.893. The molecule has 1 aromatic rings. The Kier molecular flexibility index (Phi) is 6.36. The molecule has 2 atom stereocenters. The second kappa shape index (κ2) is 7.62. The molecule has 0 spiro atoms. The van der Waals surface area contributed by atoms with Crippen molar-refractivity contribution in [3.63, 3.8) is 0 Å². The van der Waals surface area contributed by atoms with Gasteiger partial charge in [-0.1, -0.05) is 23.9 Å². The number of carbonyl (C=O) groups excluding carboxylic acids is 1. The predicted octanol–water partition coefficient (Wildman–Crippen LogP) is 3.45. The maximum atomic E-state index is 12.1. The zero-order valence-electron chi connectivity index (χ0n) is 12.8. The average molecular weight is 343 g/mol. The Morgan fingerprint density at radius 1 is 1.35 bits per heavy atom. The van der Waals surface area contributed by atoms with Crippen LogP contribution >= 0.6 is 11.8 Å². The summed E-state index contributed by atoms with van der Waals surface area (Å²) in [6, 6.07) is 10.1. The fourth-order valence-corrected chi connectivity index (χ4v) is 2.20. The maximum absolute atomic E-state index is 12.1. The van der Waals surface area contributed by atoms with Gasteiger partial charge >= 0.3 is 6.18 Å². The lowest BCUT2D eigenvalue weighted by molar-refractivity contribution is -0.165. The van der Waals surface area contributed by atoms with Gasteiger partial charge in [0.25, 0.3) is 5.91 Å². The Morgan fingerprint density at radius 3 is 2.22 bits per heavy atom. The topological polar surface area (TPSA) is 65.2 Å². The highest BCUT2D eigenvalue weighted by Gasteiger charge is 2.59. The largest absolute Gasteiger partial charge is 0.412 e. The molecule has 0 aliphatic carbocycles. The van der Waals surface area contributed by atoms with Crippen molar-refractivity contribution < 1.29 is 18.0 Å². The van der Waals surface area contributed by atoms with Gasteiger partial charge in [-0.25, -0.2) is 4.99 Å². The number of rotatable bonds is 2. The van der Waals surface area contributed by atoms with Crippen LogP contribution in [0, 0.1) is 11.3 Å². The van der Waals surface area contributed by atoms with E-state index in [1.165, 1.54) is 5.56 Å². The molecule has 0 aromatic heterocycles. The summed E-state index contributed by atoms with van der Waals surface area (Å²) >= 11 is 0.394. The second-order valence-corrected chi connectivity index (χ2v) is 6.20. The van der Waals surface area contributed by atoms with Gasteiger partial charge in [0.2, 0.25) is 0 Å². The Morgan fingerprint density at radius 2 is 1.91 bits per heavy atom. The summed E-state index contributed by atoms with van der Waals surface area (Å²) < 4.78 is 33.9. The van der Waals surface area contributed by atoms with Gasteiger partial charge in [0.05, 0.1) is 17.2 Å². The van der Waals surface area contributed by atoms with Gasteiger partial charge in [-0.3, -0.25) is 4.79 Å². The van der Waals surface area contributed by atoms with Gasteiger partial charge in [-0.15, -0.1) is 0 Å². The van der Waals surface area contributed by atoms with Crippen LogP contribution in [0.1, 0.15) is 31.0 Å². The molecular formula is C15H16F3N3OS. The number of nitrogens with zero attached hydrogens (tertiary/aromatic N) is 2. The number of hydrogen-bond donors (Lipinski definition) is 1. The fourth-order valence-electron chi connectivity index (χ4n) is 1.55. The summed E-state index contributed by atoms with van der Waals surface area (Å²) in [5.41, 5.74) is 2.84. The lowest BCUT2D eigenvalue weighted by Crippen LogP contribution is -2.43. The van der Waals surface area contributed by atoms with Crippen molar-refractivity contribution in [2.75, 3.05) is 7.05 Å². The van der Waals surface area contributed by atoms with E-state index in [9.17, 15) is 18.0 Å². The van der Waals surface area contributed by atoms with Crippen molar-refractivity contribution in [3.05, 3.63) is 35.4 Å². The summed E-state index contributed by atoms with van der Waals surface area (Å²) in [6.45, 7) is 2.91. The number of benzene rings is 1. The number of alkyl halides is 3. The van der Waals surface area contributed by atoms with E-state index in [0.717, 1.165) is 12.5 Å². The summed E-state index contributed by atoms with van der Waals surface area (Å²) in [6.07, 6.45) is -4.52.